The molecule has 1 aliphatic rings. The molecule has 2 N–H and O–H groups in total. The Hall–Kier alpha value is -3.34. The smallest absolute Gasteiger partial charge is 0.322 e. The lowest BCUT2D eigenvalue weighted by atomic mass is 10.0. The predicted octanol–water partition coefficient (Wildman–Crippen LogP) is 4.08. The quantitative estimate of drug-likeness (QED) is 0.732. The lowest BCUT2D eigenvalue weighted by molar-refractivity contribution is -0.134. The summed E-state index contributed by atoms with van der Waals surface area (Å²) < 4.78 is 6.10. The summed E-state index contributed by atoms with van der Waals surface area (Å²) in [5.41, 5.74) is 5.07. The predicted molar refractivity (Wildman–Crippen MR) is 106 cm³/mol. The molecule has 5 heteroatoms. The molecule has 0 saturated carbocycles. The molecule has 136 valence electrons. The van der Waals surface area contributed by atoms with Crippen LogP contribution < -0.4 is 10.7 Å². The van der Waals surface area contributed by atoms with Crippen molar-refractivity contribution in [1.82, 2.24) is 0 Å². The van der Waals surface area contributed by atoms with Crippen LogP contribution in [0, 0.1) is 6.92 Å². The van der Waals surface area contributed by atoms with Gasteiger partial charge in [-0.15, -0.1) is 0 Å². The zero-order valence-corrected chi connectivity index (χ0v) is 14.9. The van der Waals surface area contributed by atoms with Gasteiger partial charge in [-0.25, -0.2) is 0 Å². The van der Waals surface area contributed by atoms with E-state index < -0.39 is 5.97 Å². The van der Waals surface area contributed by atoms with Gasteiger partial charge in [0.2, 0.25) is 0 Å². The topological polar surface area (TPSA) is 79.5 Å². The Kier molecular flexibility index (Phi) is 4.28. The molecular formula is C22H19NO4. The SMILES string of the molecule is Cc1ccccc1/C=C1\CCc2c1oc1cc(NCC(=O)O)ccc1c2=O. The minimum absolute atomic E-state index is 0.00998. The third-order valence-electron chi connectivity index (χ3n) is 4.88. The van der Waals surface area contributed by atoms with E-state index in [1.165, 1.54) is 5.56 Å². The highest BCUT2D eigenvalue weighted by molar-refractivity contribution is 5.88. The summed E-state index contributed by atoms with van der Waals surface area (Å²) in [6, 6.07) is 13.2. The molecule has 0 unspecified atom stereocenters. The molecule has 5 nitrogen and oxygen atoms in total. The van der Waals surface area contributed by atoms with Gasteiger partial charge in [0.05, 0.1) is 5.39 Å². The molecular weight excluding hydrogens is 342 g/mol. The van der Waals surface area contributed by atoms with E-state index in [2.05, 4.69) is 24.4 Å². The van der Waals surface area contributed by atoms with Crippen LogP contribution in [0.5, 0.6) is 0 Å². The first kappa shape index (κ1) is 17.1. The first-order valence-corrected chi connectivity index (χ1v) is 8.85. The average molecular weight is 361 g/mol. The second-order valence-electron chi connectivity index (χ2n) is 6.72. The molecule has 1 heterocycles. The number of carbonyl (C=O) groups is 1. The van der Waals surface area contributed by atoms with Crippen LogP contribution in [0.1, 0.15) is 28.9 Å². The Morgan fingerprint density at radius 2 is 2.04 bits per heavy atom. The zero-order chi connectivity index (χ0) is 19.0. The van der Waals surface area contributed by atoms with Crippen LogP contribution in [-0.4, -0.2) is 17.6 Å². The van der Waals surface area contributed by atoms with Crippen molar-refractivity contribution < 1.29 is 14.3 Å². The van der Waals surface area contributed by atoms with Crippen molar-refractivity contribution in [2.24, 2.45) is 0 Å². The van der Waals surface area contributed by atoms with E-state index in [1.807, 2.05) is 18.2 Å². The van der Waals surface area contributed by atoms with Gasteiger partial charge in [-0.05, 0) is 54.7 Å². The fourth-order valence-corrected chi connectivity index (χ4v) is 3.45. The number of hydrogen-bond acceptors (Lipinski definition) is 4. The van der Waals surface area contributed by atoms with Crippen LogP contribution in [0.15, 0.2) is 51.7 Å². The van der Waals surface area contributed by atoms with Crippen molar-refractivity contribution in [3.63, 3.8) is 0 Å². The third-order valence-corrected chi connectivity index (χ3v) is 4.88. The normalized spacial score (nSPS) is 14.5. The molecule has 3 aromatic rings. The minimum Gasteiger partial charge on any atom is -0.480 e. The molecule has 0 aliphatic heterocycles. The minimum atomic E-state index is -0.950. The van der Waals surface area contributed by atoms with Gasteiger partial charge in [-0.1, -0.05) is 24.3 Å². The highest BCUT2D eigenvalue weighted by Crippen LogP contribution is 2.35. The van der Waals surface area contributed by atoms with E-state index >= 15 is 0 Å². The fraction of sp³-hybridized carbons (Fsp3) is 0.182. The van der Waals surface area contributed by atoms with Crippen molar-refractivity contribution >= 4 is 34.3 Å². The van der Waals surface area contributed by atoms with Gasteiger partial charge >= 0.3 is 5.97 Å². The van der Waals surface area contributed by atoms with E-state index in [4.69, 9.17) is 9.52 Å². The lowest BCUT2D eigenvalue weighted by Gasteiger charge is -2.07. The Morgan fingerprint density at radius 3 is 2.81 bits per heavy atom. The lowest BCUT2D eigenvalue weighted by Crippen LogP contribution is -2.13. The van der Waals surface area contributed by atoms with E-state index in [-0.39, 0.29) is 12.0 Å². The van der Waals surface area contributed by atoms with Gasteiger partial charge in [-0.2, -0.15) is 0 Å². The number of benzene rings is 2. The number of nitrogens with one attached hydrogen (secondary N) is 1. The fourth-order valence-electron chi connectivity index (χ4n) is 3.45. The maximum atomic E-state index is 12.9. The summed E-state index contributed by atoms with van der Waals surface area (Å²) >= 11 is 0. The third kappa shape index (κ3) is 3.24. The van der Waals surface area contributed by atoms with E-state index in [9.17, 15) is 9.59 Å². The van der Waals surface area contributed by atoms with Gasteiger partial charge < -0.3 is 14.8 Å². The molecule has 2 aromatic carbocycles. The molecule has 27 heavy (non-hydrogen) atoms. The summed E-state index contributed by atoms with van der Waals surface area (Å²) in [6.07, 6.45) is 3.52. The van der Waals surface area contributed by atoms with Crippen molar-refractivity contribution in [3.8, 4) is 0 Å². The number of anilines is 1. The Bertz CT molecular complexity index is 1140. The van der Waals surface area contributed by atoms with E-state index in [0.29, 0.717) is 34.4 Å². The van der Waals surface area contributed by atoms with Crippen LogP contribution >= 0.6 is 0 Å². The second-order valence-corrected chi connectivity index (χ2v) is 6.72. The molecule has 0 radical (unpaired) electrons. The Balaban J connectivity index is 1.80. The average Bonchev–Trinajstić information content (AvgIpc) is 3.05. The monoisotopic (exact) mass is 361 g/mol. The standard InChI is InChI=1S/C22H19NO4/c1-13-4-2-3-5-14(13)10-15-6-8-18-21(26)17-9-7-16(23-12-20(24)25)11-19(17)27-22(15)18/h2-5,7,9-11,23H,6,8,12H2,1H3,(H,24,25)/b15-10+. The van der Waals surface area contributed by atoms with Gasteiger partial charge in [-0.3, -0.25) is 9.59 Å². The first-order chi connectivity index (χ1) is 13.0. The second kappa shape index (κ2) is 6.76. The zero-order valence-electron chi connectivity index (χ0n) is 14.9. The molecule has 0 bridgehead atoms. The van der Waals surface area contributed by atoms with Gasteiger partial charge in [0.25, 0.3) is 0 Å². The van der Waals surface area contributed by atoms with Crippen LogP contribution in [-0.2, 0) is 11.2 Å². The number of carboxylic acid groups (broad SMARTS) is 1. The van der Waals surface area contributed by atoms with E-state index in [0.717, 1.165) is 17.6 Å². The molecule has 0 saturated heterocycles. The van der Waals surface area contributed by atoms with Crippen LogP contribution in [0.2, 0.25) is 0 Å². The van der Waals surface area contributed by atoms with Crippen LogP contribution in [0.3, 0.4) is 0 Å². The molecule has 1 aliphatic carbocycles. The number of hydrogen-bond donors (Lipinski definition) is 2. The van der Waals surface area contributed by atoms with E-state index in [1.54, 1.807) is 18.2 Å². The molecule has 0 atom stereocenters. The maximum absolute atomic E-state index is 12.9. The van der Waals surface area contributed by atoms with Crippen molar-refractivity contribution in [1.29, 1.82) is 0 Å². The summed E-state index contributed by atoms with van der Waals surface area (Å²) in [5.74, 6) is -0.305. The maximum Gasteiger partial charge on any atom is 0.322 e. The van der Waals surface area contributed by atoms with Crippen molar-refractivity contribution in [2.75, 3.05) is 11.9 Å². The highest BCUT2D eigenvalue weighted by Gasteiger charge is 2.24. The number of fused-ring (bicyclic) bond motifs is 2. The van der Waals surface area contributed by atoms with Gasteiger partial charge in [0.15, 0.2) is 5.43 Å². The van der Waals surface area contributed by atoms with Crippen molar-refractivity contribution in [2.45, 2.75) is 19.8 Å². The largest absolute Gasteiger partial charge is 0.480 e. The summed E-state index contributed by atoms with van der Waals surface area (Å²) in [4.78, 5) is 23.6. The summed E-state index contributed by atoms with van der Waals surface area (Å²) in [6.45, 7) is 1.86. The Morgan fingerprint density at radius 1 is 1.22 bits per heavy atom. The highest BCUT2D eigenvalue weighted by atomic mass is 16.4. The first-order valence-electron chi connectivity index (χ1n) is 8.85. The molecule has 4 rings (SSSR count). The number of aliphatic carboxylic acids is 1. The molecule has 0 amide bonds. The molecule has 0 spiro atoms. The number of rotatable bonds is 4. The van der Waals surface area contributed by atoms with Crippen molar-refractivity contribution in [3.05, 3.63) is 75.1 Å². The van der Waals surface area contributed by atoms with Gasteiger partial charge in [0.1, 0.15) is 17.9 Å². The van der Waals surface area contributed by atoms with Crippen LogP contribution in [0.25, 0.3) is 22.6 Å². The molecule has 0 fully saturated rings. The van der Waals surface area contributed by atoms with Crippen LogP contribution in [0.4, 0.5) is 5.69 Å². The Labute approximate surface area is 156 Å². The number of aryl methyl sites for hydroxylation is 1. The molecule has 1 aromatic heterocycles. The number of allylic oxidation sites excluding steroid dienone is 1. The summed E-state index contributed by atoms with van der Waals surface area (Å²) in [7, 11) is 0. The summed E-state index contributed by atoms with van der Waals surface area (Å²) in [5, 5.41) is 12.1. The van der Waals surface area contributed by atoms with Gasteiger partial charge in [0, 0.05) is 17.3 Å². The number of carboxylic acids is 1.